The fourth-order valence-corrected chi connectivity index (χ4v) is 2.33. The number of anilines is 1. The topological polar surface area (TPSA) is 109 Å². The standard InChI is InChI=1S/C14H16N2O4/c15-12(18)9-3-1-4-10(7-9)16-11(17)8-14(13(19)20)5-2-6-14/h1,3-4,7H,2,5-6,8H2,(H2,15,18)(H,16,17)(H,19,20). The number of carboxylic acid groups (broad SMARTS) is 1. The van der Waals surface area contributed by atoms with Gasteiger partial charge in [0.05, 0.1) is 5.41 Å². The molecule has 0 atom stereocenters. The summed E-state index contributed by atoms with van der Waals surface area (Å²) in [4.78, 5) is 34.2. The Morgan fingerprint density at radius 2 is 2.00 bits per heavy atom. The van der Waals surface area contributed by atoms with E-state index in [-0.39, 0.29) is 12.3 Å². The van der Waals surface area contributed by atoms with Gasteiger partial charge in [-0.15, -0.1) is 0 Å². The van der Waals surface area contributed by atoms with Gasteiger partial charge in [0, 0.05) is 17.7 Å². The van der Waals surface area contributed by atoms with Crippen LogP contribution < -0.4 is 11.1 Å². The van der Waals surface area contributed by atoms with Gasteiger partial charge in [-0.25, -0.2) is 0 Å². The normalized spacial score (nSPS) is 16.0. The number of carbonyl (C=O) groups is 3. The van der Waals surface area contributed by atoms with E-state index in [2.05, 4.69) is 5.32 Å². The summed E-state index contributed by atoms with van der Waals surface area (Å²) in [5.74, 6) is -1.87. The second-order valence-electron chi connectivity index (χ2n) is 5.11. The Balaban J connectivity index is 2.03. The van der Waals surface area contributed by atoms with Crippen LogP contribution in [0.4, 0.5) is 5.69 Å². The number of benzene rings is 1. The van der Waals surface area contributed by atoms with Crippen molar-refractivity contribution in [3.05, 3.63) is 29.8 Å². The van der Waals surface area contributed by atoms with Gasteiger partial charge in [0.25, 0.3) is 0 Å². The predicted molar refractivity (Wildman–Crippen MR) is 72.1 cm³/mol. The summed E-state index contributed by atoms with van der Waals surface area (Å²) in [6.45, 7) is 0. The summed E-state index contributed by atoms with van der Waals surface area (Å²) < 4.78 is 0. The molecule has 0 aliphatic heterocycles. The van der Waals surface area contributed by atoms with Gasteiger partial charge in [-0.3, -0.25) is 14.4 Å². The van der Waals surface area contributed by atoms with E-state index in [0.717, 1.165) is 6.42 Å². The number of amides is 2. The third kappa shape index (κ3) is 2.79. The average Bonchev–Trinajstić information content (AvgIpc) is 2.33. The Hall–Kier alpha value is -2.37. The number of rotatable bonds is 5. The molecule has 0 unspecified atom stereocenters. The molecule has 0 bridgehead atoms. The van der Waals surface area contributed by atoms with Crippen molar-refractivity contribution in [1.29, 1.82) is 0 Å². The molecule has 0 spiro atoms. The van der Waals surface area contributed by atoms with E-state index in [1.165, 1.54) is 6.07 Å². The van der Waals surface area contributed by atoms with Gasteiger partial charge in [0.2, 0.25) is 11.8 Å². The number of hydrogen-bond donors (Lipinski definition) is 3. The minimum atomic E-state index is -0.926. The van der Waals surface area contributed by atoms with E-state index in [1.54, 1.807) is 18.2 Å². The van der Waals surface area contributed by atoms with E-state index in [1.807, 2.05) is 0 Å². The van der Waals surface area contributed by atoms with Gasteiger partial charge in [-0.05, 0) is 31.0 Å². The molecule has 1 aromatic rings. The molecule has 2 rings (SSSR count). The van der Waals surface area contributed by atoms with Crippen LogP contribution in [0, 0.1) is 5.41 Å². The Morgan fingerprint density at radius 1 is 1.30 bits per heavy atom. The first-order valence-corrected chi connectivity index (χ1v) is 6.36. The van der Waals surface area contributed by atoms with E-state index in [4.69, 9.17) is 5.73 Å². The Morgan fingerprint density at radius 3 is 2.50 bits per heavy atom. The fraction of sp³-hybridized carbons (Fsp3) is 0.357. The molecule has 0 saturated heterocycles. The molecule has 6 nitrogen and oxygen atoms in total. The minimum absolute atomic E-state index is 0.0524. The first-order chi connectivity index (χ1) is 9.43. The first kappa shape index (κ1) is 14.0. The van der Waals surface area contributed by atoms with Crippen molar-refractivity contribution in [2.24, 2.45) is 11.1 Å². The van der Waals surface area contributed by atoms with Crippen LogP contribution in [0.1, 0.15) is 36.0 Å². The highest BCUT2D eigenvalue weighted by Gasteiger charge is 2.45. The highest BCUT2D eigenvalue weighted by Crippen LogP contribution is 2.44. The third-order valence-corrected chi connectivity index (χ3v) is 3.69. The van der Waals surface area contributed by atoms with Crippen LogP contribution in [0.5, 0.6) is 0 Å². The third-order valence-electron chi connectivity index (χ3n) is 3.69. The summed E-state index contributed by atoms with van der Waals surface area (Å²) in [7, 11) is 0. The number of hydrogen-bond acceptors (Lipinski definition) is 3. The number of carboxylic acids is 1. The van der Waals surface area contributed by atoms with Gasteiger partial charge < -0.3 is 16.2 Å². The molecule has 2 amide bonds. The van der Waals surface area contributed by atoms with E-state index in [0.29, 0.717) is 24.1 Å². The van der Waals surface area contributed by atoms with Crippen LogP contribution in [0.25, 0.3) is 0 Å². The number of primary amides is 1. The largest absolute Gasteiger partial charge is 0.481 e. The molecular weight excluding hydrogens is 260 g/mol. The maximum atomic E-state index is 11.9. The summed E-state index contributed by atoms with van der Waals surface area (Å²) in [6, 6.07) is 6.24. The lowest BCUT2D eigenvalue weighted by molar-refractivity contribution is -0.157. The highest BCUT2D eigenvalue weighted by atomic mass is 16.4. The lowest BCUT2D eigenvalue weighted by atomic mass is 9.66. The second kappa shape index (κ2) is 5.32. The van der Waals surface area contributed by atoms with Crippen molar-refractivity contribution in [3.8, 4) is 0 Å². The molecule has 1 aromatic carbocycles. The van der Waals surface area contributed by atoms with Crippen LogP contribution >= 0.6 is 0 Å². The van der Waals surface area contributed by atoms with Gasteiger partial charge in [0.1, 0.15) is 0 Å². The number of nitrogens with two attached hydrogens (primary N) is 1. The van der Waals surface area contributed by atoms with E-state index >= 15 is 0 Å². The van der Waals surface area contributed by atoms with Crippen molar-refractivity contribution in [2.45, 2.75) is 25.7 Å². The molecule has 20 heavy (non-hydrogen) atoms. The molecule has 1 aliphatic carbocycles. The Labute approximate surface area is 116 Å². The van der Waals surface area contributed by atoms with Crippen LogP contribution in [-0.2, 0) is 9.59 Å². The average molecular weight is 276 g/mol. The van der Waals surface area contributed by atoms with Crippen molar-refractivity contribution in [2.75, 3.05) is 5.32 Å². The van der Waals surface area contributed by atoms with Gasteiger partial charge in [0.15, 0.2) is 0 Å². The molecule has 0 heterocycles. The van der Waals surface area contributed by atoms with E-state index < -0.39 is 17.3 Å². The maximum Gasteiger partial charge on any atom is 0.310 e. The Kier molecular flexibility index (Phi) is 3.74. The molecule has 0 aromatic heterocycles. The van der Waals surface area contributed by atoms with E-state index in [9.17, 15) is 19.5 Å². The zero-order valence-electron chi connectivity index (χ0n) is 10.9. The highest BCUT2D eigenvalue weighted by molar-refractivity contribution is 5.97. The second-order valence-corrected chi connectivity index (χ2v) is 5.11. The summed E-state index contributed by atoms with van der Waals surface area (Å²) in [6.07, 6.45) is 1.83. The molecular formula is C14H16N2O4. The monoisotopic (exact) mass is 276 g/mol. The lowest BCUT2D eigenvalue weighted by Crippen LogP contribution is -2.41. The van der Waals surface area contributed by atoms with Gasteiger partial charge in [-0.1, -0.05) is 12.5 Å². The van der Waals surface area contributed by atoms with Crippen molar-refractivity contribution in [1.82, 2.24) is 0 Å². The fourth-order valence-electron chi connectivity index (χ4n) is 2.33. The van der Waals surface area contributed by atoms with Gasteiger partial charge in [-0.2, -0.15) is 0 Å². The number of aliphatic carboxylic acids is 1. The lowest BCUT2D eigenvalue weighted by Gasteiger charge is -2.36. The zero-order chi connectivity index (χ0) is 14.8. The van der Waals surface area contributed by atoms with Gasteiger partial charge >= 0.3 is 5.97 Å². The molecule has 1 aliphatic rings. The molecule has 4 N–H and O–H groups in total. The molecule has 0 radical (unpaired) electrons. The molecule has 1 fully saturated rings. The summed E-state index contributed by atoms with van der Waals surface area (Å²) >= 11 is 0. The maximum absolute atomic E-state index is 11.9. The van der Waals surface area contributed by atoms with Crippen LogP contribution in [0.3, 0.4) is 0 Å². The van der Waals surface area contributed by atoms with Crippen molar-refractivity contribution in [3.63, 3.8) is 0 Å². The smallest absolute Gasteiger partial charge is 0.310 e. The van der Waals surface area contributed by atoms with Crippen LogP contribution in [-0.4, -0.2) is 22.9 Å². The SMILES string of the molecule is NC(=O)c1cccc(NC(=O)CC2(C(=O)O)CCC2)c1. The van der Waals surface area contributed by atoms with Crippen molar-refractivity contribution >= 4 is 23.5 Å². The quantitative estimate of drug-likeness (QED) is 0.754. The predicted octanol–water partition coefficient (Wildman–Crippen LogP) is 1.37. The first-order valence-electron chi connectivity index (χ1n) is 6.36. The molecule has 106 valence electrons. The Bertz CT molecular complexity index is 564. The van der Waals surface area contributed by atoms with Crippen LogP contribution in [0.2, 0.25) is 0 Å². The number of nitrogens with one attached hydrogen (secondary N) is 1. The molecule has 6 heteroatoms. The minimum Gasteiger partial charge on any atom is -0.481 e. The zero-order valence-corrected chi connectivity index (χ0v) is 10.9. The summed E-state index contributed by atoms with van der Waals surface area (Å²) in [5.41, 5.74) is 4.96. The summed E-state index contributed by atoms with van der Waals surface area (Å²) in [5, 5.41) is 11.8. The van der Waals surface area contributed by atoms with Crippen molar-refractivity contribution < 1.29 is 19.5 Å². The van der Waals surface area contributed by atoms with Crippen LogP contribution in [0.15, 0.2) is 24.3 Å². The number of carbonyl (C=O) groups excluding carboxylic acids is 2. The molecule has 1 saturated carbocycles.